The largest absolute Gasteiger partial charge is 0.443 e. The van der Waals surface area contributed by atoms with Crippen LogP contribution in [-0.4, -0.2) is 44.8 Å². The Morgan fingerprint density at radius 2 is 1.93 bits per heavy atom. The van der Waals surface area contributed by atoms with Gasteiger partial charge in [0.2, 0.25) is 0 Å². The Balaban J connectivity index is 2.01. The van der Waals surface area contributed by atoms with E-state index in [1.807, 2.05) is 65.0 Å². The van der Waals surface area contributed by atoms with Crippen molar-refractivity contribution < 1.29 is 19.4 Å². The van der Waals surface area contributed by atoms with Gasteiger partial charge in [0.1, 0.15) is 11.7 Å². The van der Waals surface area contributed by atoms with E-state index in [9.17, 15) is 14.7 Å². The van der Waals surface area contributed by atoms with Crippen LogP contribution >= 0.6 is 0 Å². The molecule has 28 heavy (non-hydrogen) atoms. The van der Waals surface area contributed by atoms with Crippen molar-refractivity contribution in [2.24, 2.45) is 5.41 Å². The molecule has 4 rings (SSSR count). The molecule has 0 fully saturated rings. The molecule has 1 unspecified atom stereocenters. The minimum absolute atomic E-state index is 0.325. The molecule has 1 aromatic carbocycles. The van der Waals surface area contributed by atoms with Crippen molar-refractivity contribution in [3.8, 4) is 0 Å². The zero-order valence-electron chi connectivity index (χ0n) is 16.9. The van der Waals surface area contributed by atoms with Crippen LogP contribution in [0.3, 0.4) is 0 Å². The number of para-hydroxylation sites is 1. The fourth-order valence-corrected chi connectivity index (χ4v) is 4.07. The predicted octanol–water partition coefficient (Wildman–Crippen LogP) is 3.55. The molecular formula is C22H26N2O4. The molecule has 0 bridgehead atoms. The second kappa shape index (κ2) is 5.95. The van der Waals surface area contributed by atoms with Gasteiger partial charge in [-0.2, -0.15) is 0 Å². The number of aromatic nitrogens is 1. The van der Waals surface area contributed by atoms with Crippen molar-refractivity contribution in [2.45, 2.75) is 52.7 Å². The van der Waals surface area contributed by atoms with Crippen LogP contribution in [-0.2, 0) is 16.0 Å². The third-order valence-electron chi connectivity index (χ3n) is 5.39. The number of carbonyl (C=O) groups excluding carboxylic acids is 2. The zero-order valence-corrected chi connectivity index (χ0v) is 16.9. The molecular weight excluding hydrogens is 356 g/mol. The number of fused-ring (bicyclic) bond motifs is 5. The van der Waals surface area contributed by atoms with Crippen LogP contribution < -0.4 is 0 Å². The molecule has 0 spiro atoms. The second-order valence-electron chi connectivity index (χ2n) is 9.15. The zero-order chi connectivity index (χ0) is 20.4. The molecule has 0 saturated heterocycles. The van der Waals surface area contributed by atoms with E-state index in [2.05, 4.69) is 0 Å². The van der Waals surface area contributed by atoms with Gasteiger partial charge < -0.3 is 14.7 Å². The molecule has 6 heteroatoms. The lowest BCUT2D eigenvalue weighted by atomic mass is 9.80. The molecule has 2 aliphatic heterocycles. The van der Waals surface area contributed by atoms with Crippen molar-refractivity contribution in [3.63, 3.8) is 0 Å². The van der Waals surface area contributed by atoms with E-state index in [0.29, 0.717) is 24.4 Å². The number of rotatable bonds is 0. The van der Waals surface area contributed by atoms with E-state index in [-0.39, 0.29) is 5.91 Å². The van der Waals surface area contributed by atoms with Crippen LogP contribution in [0.25, 0.3) is 16.6 Å². The smallest absolute Gasteiger partial charge is 0.419 e. The number of benzene rings is 1. The lowest BCUT2D eigenvalue weighted by molar-refractivity contribution is -0.142. The highest BCUT2D eigenvalue weighted by Crippen LogP contribution is 2.43. The molecule has 2 aliphatic rings. The molecule has 0 radical (unpaired) electrons. The molecule has 0 saturated carbocycles. The van der Waals surface area contributed by atoms with Gasteiger partial charge in [-0.15, -0.1) is 0 Å². The maximum atomic E-state index is 13.1. The Labute approximate surface area is 164 Å². The quantitative estimate of drug-likeness (QED) is 0.756. The van der Waals surface area contributed by atoms with E-state index in [1.54, 1.807) is 9.47 Å². The van der Waals surface area contributed by atoms with E-state index < -0.39 is 23.2 Å². The van der Waals surface area contributed by atoms with Crippen LogP contribution in [0.1, 0.15) is 45.9 Å². The molecule has 148 valence electrons. The lowest BCUT2D eigenvalue weighted by Crippen LogP contribution is -2.51. The molecule has 0 aliphatic carbocycles. The fraction of sp³-hybridized carbons (Fsp3) is 0.455. The first-order valence-electron chi connectivity index (χ1n) is 9.59. The summed E-state index contributed by atoms with van der Waals surface area (Å²) in [6.45, 7) is 9.63. The highest BCUT2D eigenvalue weighted by Gasteiger charge is 2.45. The van der Waals surface area contributed by atoms with E-state index in [0.717, 1.165) is 16.5 Å². The molecule has 1 atom stereocenters. The summed E-state index contributed by atoms with van der Waals surface area (Å²) in [5, 5.41) is 11.4. The minimum atomic E-state index is -1.10. The molecule has 3 heterocycles. The van der Waals surface area contributed by atoms with Crippen molar-refractivity contribution in [1.82, 2.24) is 9.47 Å². The summed E-state index contributed by atoms with van der Waals surface area (Å²) < 4.78 is 7.26. The van der Waals surface area contributed by atoms with Gasteiger partial charge in [0.25, 0.3) is 5.91 Å². The average molecular weight is 382 g/mol. The lowest BCUT2D eigenvalue weighted by Gasteiger charge is -2.41. The van der Waals surface area contributed by atoms with Crippen molar-refractivity contribution in [2.75, 3.05) is 6.54 Å². The van der Waals surface area contributed by atoms with Crippen molar-refractivity contribution >= 4 is 28.6 Å². The van der Waals surface area contributed by atoms with Crippen LogP contribution in [0.2, 0.25) is 0 Å². The van der Waals surface area contributed by atoms with Gasteiger partial charge in [0.05, 0.1) is 16.9 Å². The van der Waals surface area contributed by atoms with Gasteiger partial charge in [-0.3, -0.25) is 4.79 Å². The Hall–Kier alpha value is -2.60. The van der Waals surface area contributed by atoms with Gasteiger partial charge in [0.15, 0.2) is 0 Å². The van der Waals surface area contributed by atoms with Crippen LogP contribution in [0.4, 0.5) is 4.79 Å². The number of aliphatic hydroxyl groups excluding tert-OH is 1. The molecule has 6 nitrogen and oxygen atoms in total. The summed E-state index contributed by atoms with van der Waals surface area (Å²) in [4.78, 5) is 27.6. The van der Waals surface area contributed by atoms with Crippen LogP contribution in [0.15, 0.2) is 30.3 Å². The first kappa shape index (κ1) is 18.7. The Bertz CT molecular complexity index is 1020. The Morgan fingerprint density at radius 3 is 2.61 bits per heavy atom. The second-order valence-corrected chi connectivity index (χ2v) is 9.15. The Kier molecular flexibility index (Phi) is 3.98. The third-order valence-corrected chi connectivity index (χ3v) is 5.39. The molecule has 2 aromatic rings. The molecule has 1 N–H and O–H groups in total. The number of nitrogens with zero attached hydrogens (tertiary/aromatic N) is 2. The van der Waals surface area contributed by atoms with E-state index in [1.165, 1.54) is 0 Å². The third kappa shape index (κ3) is 2.75. The van der Waals surface area contributed by atoms with Crippen LogP contribution in [0, 0.1) is 5.41 Å². The van der Waals surface area contributed by atoms with Crippen LogP contribution in [0.5, 0.6) is 0 Å². The summed E-state index contributed by atoms with van der Waals surface area (Å²) in [7, 11) is 0. The van der Waals surface area contributed by atoms with Crippen molar-refractivity contribution in [1.29, 1.82) is 0 Å². The summed E-state index contributed by atoms with van der Waals surface area (Å²) >= 11 is 0. The number of hydrogen-bond acceptors (Lipinski definition) is 4. The molecule has 1 aromatic heterocycles. The van der Waals surface area contributed by atoms with Gasteiger partial charge in [0, 0.05) is 17.3 Å². The monoisotopic (exact) mass is 382 g/mol. The van der Waals surface area contributed by atoms with Gasteiger partial charge in [-0.05, 0) is 44.9 Å². The normalized spacial score (nSPS) is 21.2. The standard InChI is InChI=1S/C22H26N2O4/c1-21(2,3)28-20(27)24-15-9-7-6-8-13(15)14-10-11-23-16(17(14)24)12-22(4,5)18(25)19(23)26/h6-9,12,18,25H,10-11H2,1-5H3. The van der Waals surface area contributed by atoms with Crippen molar-refractivity contribution in [3.05, 3.63) is 41.6 Å². The van der Waals surface area contributed by atoms with Gasteiger partial charge >= 0.3 is 6.09 Å². The minimum Gasteiger partial charge on any atom is -0.443 e. The van der Waals surface area contributed by atoms with Gasteiger partial charge in [-0.25, -0.2) is 9.36 Å². The first-order chi connectivity index (χ1) is 13.0. The number of carbonyl (C=O) groups is 2. The number of ether oxygens (including phenoxy) is 1. The summed E-state index contributed by atoms with van der Waals surface area (Å²) in [6, 6.07) is 7.73. The summed E-state index contributed by atoms with van der Waals surface area (Å²) in [5.41, 5.74) is 1.78. The maximum absolute atomic E-state index is 13.1. The average Bonchev–Trinajstić information content (AvgIpc) is 2.93. The summed E-state index contributed by atoms with van der Waals surface area (Å²) in [6.07, 6.45) is 0.944. The summed E-state index contributed by atoms with van der Waals surface area (Å²) in [5.74, 6) is -0.325. The molecule has 1 amide bonds. The number of hydrogen-bond donors (Lipinski definition) is 1. The SMILES string of the molecule is CC(C)(C)OC(=O)n1c2c(c3ccccc31)CCN1C(=O)C(O)C(C)(C)C=C21. The Morgan fingerprint density at radius 1 is 1.25 bits per heavy atom. The topological polar surface area (TPSA) is 71.8 Å². The van der Waals surface area contributed by atoms with Gasteiger partial charge in [-0.1, -0.05) is 32.0 Å². The van der Waals surface area contributed by atoms with E-state index in [4.69, 9.17) is 4.74 Å². The van der Waals surface area contributed by atoms with E-state index >= 15 is 0 Å². The number of aliphatic hydroxyl groups is 1. The highest BCUT2D eigenvalue weighted by molar-refractivity contribution is 6.02. The number of amides is 1. The highest BCUT2D eigenvalue weighted by atomic mass is 16.6. The predicted molar refractivity (Wildman–Crippen MR) is 107 cm³/mol. The first-order valence-corrected chi connectivity index (χ1v) is 9.59. The fourth-order valence-electron chi connectivity index (χ4n) is 4.07. The maximum Gasteiger partial charge on any atom is 0.419 e.